The number of aromatic nitrogens is 2. The highest BCUT2D eigenvalue weighted by atomic mass is 79.9. The molecule has 0 aliphatic carbocycles. The summed E-state index contributed by atoms with van der Waals surface area (Å²) in [6, 6.07) is 18.0. The smallest absolute Gasteiger partial charge is 0.257 e. The first-order chi connectivity index (χ1) is 16.9. The number of fused-ring (bicyclic) bond motifs is 1. The number of methoxy groups -OCH3 is 1. The summed E-state index contributed by atoms with van der Waals surface area (Å²) < 4.78 is 7.79. The van der Waals surface area contributed by atoms with Crippen molar-refractivity contribution in [2.45, 2.75) is 6.04 Å². The van der Waals surface area contributed by atoms with Crippen molar-refractivity contribution in [1.82, 2.24) is 19.4 Å². The van der Waals surface area contributed by atoms with Crippen molar-refractivity contribution < 1.29 is 14.3 Å². The molecule has 0 radical (unpaired) electrons. The van der Waals surface area contributed by atoms with E-state index in [0.29, 0.717) is 47.1 Å². The maximum Gasteiger partial charge on any atom is 0.257 e. The molecule has 2 aromatic heterocycles. The molecule has 2 aromatic carbocycles. The van der Waals surface area contributed by atoms with E-state index in [1.54, 1.807) is 59.3 Å². The molecule has 0 spiro atoms. The Morgan fingerprint density at radius 3 is 2.46 bits per heavy atom. The number of piperazine rings is 1. The molecule has 7 nitrogen and oxygen atoms in total. The van der Waals surface area contributed by atoms with Crippen molar-refractivity contribution in [3.05, 3.63) is 99.2 Å². The first-order valence-electron chi connectivity index (χ1n) is 11.1. The molecule has 3 heterocycles. The van der Waals surface area contributed by atoms with Crippen LogP contribution in [0.25, 0.3) is 5.52 Å². The molecule has 178 valence electrons. The Bertz CT molecular complexity index is 1390. The zero-order chi connectivity index (χ0) is 24.5. The molecule has 9 heteroatoms. The van der Waals surface area contributed by atoms with Crippen LogP contribution < -0.4 is 4.74 Å². The minimum absolute atomic E-state index is 0.0763. The fraction of sp³-hybridized carbons (Fsp3) is 0.192. The molecule has 1 unspecified atom stereocenters. The summed E-state index contributed by atoms with van der Waals surface area (Å²) in [5.74, 6) is 0.454. The molecule has 35 heavy (non-hydrogen) atoms. The molecule has 0 saturated carbocycles. The average Bonchev–Trinajstić information content (AvgIpc) is 3.31. The standard InChI is InChI=1S/C26H22BrClN4O3/c1-35-21-10-11-23-22(14-29-32(23)15-21)26(34)30-12-13-31(25(33)18-2-6-19(27)7-3-18)24(16-30)17-4-8-20(28)9-5-17/h2-11,14-15,24H,12-13,16H2,1H3. The summed E-state index contributed by atoms with van der Waals surface area (Å²) in [7, 11) is 1.59. The summed E-state index contributed by atoms with van der Waals surface area (Å²) >= 11 is 9.53. The first kappa shape index (κ1) is 23.4. The lowest BCUT2D eigenvalue weighted by Crippen LogP contribution is -2.52. The molecule has 1 atom stereocenters. The molecule has 2 amide bonds. The van der Waals surface area contributed by atoms with Crippen LogP contribution in [0.1, 0.15) is 32.3 Å². The van der Waals surface area contributed by atoms with Gasteiger partial charge in [-0.1, -0.05) is 39.7 Å². The van der Waals surface area contributed by atoms with E-state index >= 15 is 0 Å². The summed E-state index contributed by atoms with van der Waals surface area (Å²) in [6.45, 7) is 1.18. The van der Waals surface area contributed by atoms with Gasteiger partial charge in [0.15, 0.2) is 0 Å². The van der Waals surface area contributed by atoms with Crippen LogP contribution in [0.5, 0.6) is 5.75 Å². The van der Waals surface area contributed by atoms with Gasteiger partial charge in [0.2, 0.25) is 0 Å². The largest absolute Gasteiger partial charge is 0.495 e. The first-order valence-corrected chi connectivity index (χ1v) is 12.2. The monoisotopic (exact) mass is 552 g/mol. The van der Waals surface area contributed by atoms with Crippen molar-refractivity contribution in [3.63, 3.8) is 0 Å². The summed E-state index contributed by atoms with van der Waals surface area (Å²) in [5.41, 5.74) is 2.73. The van der Waals surface area contributed by atoms with Crippen molar-refractivity contribution in [2.75, 3.05) is 26.7 Å². The second-order valence-electron chi connectivity index (χ2n) is 8.28. The minimum Gasteiger partial charge on any atom is -0.495 e. The average molecular weight is 554 g/mol. The highest BCUT2D eigenvalue weighted by Gasteiger charge is 2.35. The quantitative estimate of drug-likeness (QED) is 0.353. The number of nitrogens with zero attached hydrogens (tertiary/aromatic N) is 4. The number of carbonyl (C=O) groups is 2. The second kappa shape index (κ2) is 9.71. The Kier molecular flexibility index (Phi) is 6.49. The van der Waals surface area contributed by atoms with Crippen molar-refractivity contribution in [2.24, 2.45) is 0 Å². The van der Waals surface area contributed by atoms with E-state index < -0.39 is 0 Å². The molecule has 1 fully saturated rings. The zero-order valence-corrected chi connectivity index (χ0v) is 21.2. The number of halogens is 2. The van der Waals surface area contributed by atoms with E-state index in [1.807, 2.05) is 35.2 Å². The Hall–Kier alpha value is -3.36. The Labute approximate surface area is 216 Å². The number of benzene rings is 2. The molecular weight excluding hydrogens is 532 g/mol. The minimum atomic E-state index is -0.317. The maximum atomic E-state index is 13.6. The number of hydrogen-bond acceptors (Lipinski definition) is 4. The van der Waals surface area contributed by atoms with Gasteiger partial charge >= 0.3 is 0 Å². The molecular formula is C26H22BrClN4O3. The molecule has 1 aliphatic rings. The number of amides is 2. The van der Waals surface area contributed by atoms with E-state index in [0.717, 1.165) is 10.0 Å². The van der Waals surface area contributed by atoms with Gasteiger partial charge < -0.3 is 14.5 Å². The fourth-order valence-electron chi connectivity index (χ4n) is 4.36. The Morgan fingerprint density at radius 1 is 1.00 bits per heavy atom. The molecule has 1 saturated heterocycles. The van der Waals surface area contributed by atoms with Gasteiger partial charge in [-0.15, -0.1) is 0 Å². The maximum absolute atomic E-state index is 13.6. The number of pyridine rings is 1. The lowest BCUT2D eigenvalue weighted by atomic mass is 10.0. The SMILES string of the molecule is COc1ccc2c(C(=O)N3CCN(C(=O)c4ccc(Br)cc4)C(c4ccc(Cl)cc4)C3)cnn2c1. The third-order valence-electron chi connectivity index (χ3n) is 6.23. The van der Waals surface area contributed by atoms with E-state index in [4.69, 9.17) is 16.3 Å². The predicted molar refractivity (Wildman–Crippen MR) is 137 cm³/mol. The van der Waals surface area contributed by atoms with Gasteiger partial charge in [-0.05, 0) is 54.1 Å². The zero-order valence-electron chi connectivity index (χ0n) is 18.9. The van der Waals surface area contributed by atoms with E-state index in [-0.39, 0.29) is 17.9 Å². The highest BCUT2D eigenvalue weighted by Crippen LogP contribution is 2.30. The predicted octanol–water partition coefficient (Wildman–Crippen LogP) is 5.10. The molecule has 0 bridgehead atoms. The normalized spacial score (nSPS) is 15.9. The van der Waals surface area contributed by atoms with Gasteiger partial charge in [-0.2, -0.15) is 5.10 Å². The van der Waals surface area contributed by atoms with Crippen LogP contribution in [0.15, 0.2) is 77.5 Å². The van der Waals surface area contributed by atoms with Gasteiger partial charge in [0.05, 0.1) is 36.6 Å². The number of hydrogen-bond donors (Lipinski definition) is 0. The number of rotatable bonds is 4. The molecule has 0 N–H and O–H groups in total. The van der Waals surface area contributed by atoms with Gasteiger partial charge in [-0.25, -0.2) is 4.52 Å². The van der Waals surface area contributed by atoms with Crippen LogP contribution in [0.4, 0.5) is 0 Å². The summed E-state index contributed by atoms with van der Waals surface area (Å²) in [6.07, 6.45) is 3.31. The van der Waals surface area contributed by atoms with E-state index in [1.165, 1.54) is 0 Å². The Morgan fingerprint density at radius 2 is 1.74 bits per heavy atom. The second-order valence-corrected chi connectivity index (χ2v) is 9.63. The van der Waals surface area contributed by atoms with Crippen LogP contribution in [0.3, 0.4) is 0 Å². The van der Waals surface area contributed by atoms with Crippen molar-refractivity contribution in [1.29, 1.82) is 0 Å². The summed E-state index contributed by atoms with van der Waals surface area (Å²) in [5, 5.41) is 4.94. The molecule has 4 aromatic rings. The molecule has 5 rings (SSSR count). The fourth-order valence-corrected chi connectivity index (χ4v) is 4.75. The Balaban J connectivity index is 1.45. The van der Waals surface area contributed by atoms with Crippen LogP contribution in [0, 0.1) is 0 Å². The van der Waals surface area contributed by atoms with Crippen LogP contribution in [-0.2, 0) is 0 Å². The van der Waals surface area contributed by atoms with Gasteiger partial charge in [0.1, 0.15) is 5.75 Å². The number of carbonyl (C=O) groups excluding carboxylic acids is 2. The van der Waals surface area contributed by atoms with Crippen LogP contribution in [0.2, 0.25) is 5.02 Å². The summed E-state index contributed by atoms with van der Waals surface area (Å²) in [4.78, 5) is 30.6. The van der Waals surface area contributed by atoms with Gasteiger partial charge in [-0.3, -0.25) is 9.59 Å². The third-order valence-corrected chi connectivity index (χ3v) is 7.01. The van der Waals surface area contributed by atoms with Gasteiger partial charge in [0, 0.05) is 34.7 Å². The number of ether oxygens (including phenoxy) is 1. The van der Waals surface area contributed by atoms with Crippen LogP contribution >= 0.6 is 27.5 Å². The molecule has 1 aliphatic heterocycles. The lowest BCUT2D eigenvalue weighted by molar-refractivity contribution is 0.0384. The topological polar surface area (TPSA) is 67.2 Å². The van der Waals surface area contributed by atoms with Crippen LogP contribution in [-0.4, -0.2) is 58.0 Å². The van der Waals surface area contributed by atoms with Crippen molar-refractivity contribution in [3.8, 4) is 5.75 Å². The lowest BCUT2D eigenvalue weighted by Gasteiger charge is -2.41. The van der Waals surface area contributed by atoms with Gasteiger partial charge in [0.25, 0.3) is 11.8 Å². The third kappa shape index (κ3) is 4.63. The highest BCUT2D eigenvalue weighted by molar-refractivity contribution is 9.10. The van der Waals surface area contributed by atoms with Crippen molar-refractivity contribution >= 4 is 44.9 Å². The van der Waals surface area contributed by atoms with E-state index in [2.05, 4.69) is 21.0 Å². The van der Waals surface area contributed by atoms with E-state index in [9.17, 15) is 9.59 Å².